The van der Waals surface area contributed by atoms with Crippen molar-refractivity contribution in [3.05, 3.63) is 47.0 Å². The Morgan fingerprint density at radius 2 is 2.13 bits per heavy atom. The number of benzene rings is 1. The van der Waals surface area contributed by atoms with Crippen molar-refractivity contribution in [1.82, 2.24) is 20.0 Å². The Bertz CT molecular complexity index is 740. The van der Waals surface area contributed by atoms with Crippen LogP contribution < -0.4 is 5.32 Å². The molecule has 5 nitrogen and oxygen atoms in total. The number of nitrogens with zero attached hydrogens (tertiary/aromatic N) is 3. The predicted octanol–water partition coefficient (Wildman–Crippen LogP) is 2.06. The van der Waals surface area contributed by atoms with Gasteiger partial charge in [0.05, 0.1) is 5.69 Å². The van der Waals surface area contributed by atoms with Crippen LogP contribution in [-0.4, -0.2) is 46.3 Å². The average Bonchev–Trinajstić information content (AvgIpc) is 2.85. The summed E-state index contributed by atoms with van der Waals surface area (Å²) < 4.78 is 16.1. The zero-order valence-corrected chi connectivity index (χ0v) is 13.6. The zero-order chi connectivity index (χ0) is 16.6. The molecule has 1 aliphatic rings. The second kappa shape index (κ2) is 6.12. The van der Waals surface area contributed by atoms with Crippen molar-refractivity contribution >= 4 is 5.91 Å². The number of carbonyl (C=O) groups is 1. The van der Waals surface area contributed by atoms with Gasteiger partial charge in [0.25, 0.3) is 5.91 Å². The summed E-state index contributed by atoms with van der Waals surface area (Å²) in [6, 6.07) is 6.60. The highest BCUT2D eigenvalue weighted by molar-refractivity contribution is 5.94. The number of amides is 1. The Morgan fingerprint density at radius 3 is 2.74 bits per heavy atom. The maximum absolute atomic E-state index is 14.5. The molecular weight excluding hydrogens is 295 g/mol. The zero-order valence-electron chi connectivity index (χ0n) is 13.6. The third kappa shape index (κ3) is 2.99. The van der Waals surface area contributed by atoms with Crippen LogP contribution >= 0.6 is 0 Å². The van der Waals surface area contributed by atoms with Crippen molar-refractivity contribution in [2.24, 2.45) is 0 Å². The van der Waals surface area contributed by atoms with E-state index in [2.05, 4.69) is 10.4 Å². The minimum atomic E-state index is -0.440. The first-order valence-corrected chi connectivity index (χ1v) is 7.82. The van der Waals surface area contributed by atoms with Gasteiger partial charge in [-0.25, -0.2) is 9.07 Å². The van der Waals surface area contributed by atoms with Crippen molar-refractivity contribution < 1.29 is 9.18 Å². The summed E-state index contributed by atoms with van der Waals surface area (Å²) in [5, 5.41) is 7.53. The van der Waals surface area contributed by atoms with E-state index in [0.717, 1.165) is 24.5 Å². The van der Waals surface area contributed by atoms with Crippen LogP contribution in [-0.2, 0) is 0 Å². The molecule has 1 aliphatic heterocycles. The van der Waals surface area contributed by atoms with Gasteiger partial charge in [0.1, 0.15) is 11.5 Å². The number of carbonyl (C=O) groups excluding carboxylic acids is 1. The van der Waals surface area contributed by atoms with Crippen molar-refractivity contribution in [2.45, 2.75) is 26.8 Å². The molecule has 0 saturated carbocycles. The SMILES string of the molecule is Cc1cc(C)n(-c2ccc(C(=O)N3CCNCC3C)cc2F)n1. The lowest BCUT2D eigenvalue weighted by Crippen LogP contribution is -2.52. The standard InChI is InChI=1S/C17H21FN4O/c1-11-8-12(2)22(20-11)16-5-4-14(9-15(16)18)17(23)21-7-6-19-10-13(21)3/h4-5,8-9,13,19H,6-7,10H2,1-3H3. The molecule has 2 heterocycles. The van der Waals surface area contributed by atoms with Crippen LogP contribution in [0.2, 0.25) is 0 Å². The highest BCUT2D eigenvalue weighted by Crippen LogP contribution is 2.19. The lowest BCUT2D eigenvalue weighted by Gasteiger charge is -2.34. The number of piperazine rings is 1. The van der Waals surface area contributed by atoms with Crippen molar-refractivity contribution in [2.75, 3.05) is 19.6 Å². The Balaban J connectivity index is 1.90. The van der Waals surface area contributed by atoms with Crippen molar-refractivity contribution in [1.29, 1.82) is 0 Å². The molecule has 1 aromatic heterocycles. The Kier molecular flexibility index (Phi) is 4.17. The minimum absolute atomic E-state index is 0.106. The number of hydrogen-bond acceptors (Lipinski definition) is 3. The molecule has 0 radical (unpaired) electrons. The number of aromatic nitrogens is 2. The maximum Gasteiger partial charge on any atom is 0.254 e. The van der Waals surface area contributed by atoms with Crippen LogP contribution in [0.5, 0.6) is 0 Å². The molecule has 1 unspecified atom stereocenters. The molecule has 23 heavy (non-hydrogen) atoms. The summed E-state index contributed by atoms with van der Waals surface area (Å²) in [6.07, 6.45) is 0. The van der Waals surface area contributed by atoms with Gasteiger partial charge in [-0.15, -0.1) is 0 Å². The van der Waals surface area contributed by atoms with Crippen molar-refractivity contribution in [3.8, 4) is 5.69 Å². The molecule has 0 spiro atoms. The van der Waals surface area contributed by atoms with Crippen LogP contribution in [0.1, 0.15) is 28.7 Å². The topological polar surface area (TPSA) is 50.2 Å². The molecule has 1 atom stereocenters. The van der Waals surface area contributed by atoms with E-state index in [1.54, 1.807) is 21.7 Å². The van der Waals surface area contributed by atoms with E-state index in [0.29, 0.717) is 17.8 Å². The molecule has 6 heteroatoms. The van der Waals surface area contributed by atoms with Gasteiger partial charge in [-0.05, 0) is 45.0 Å². The largest absolute Gasteiger partial charge is 0.333 e. The Labute approximate surface area is 135 Å². The first-order valence-electron chi connectivity index (χ1n) is 7.82. The van der Waals surface area contributed by atoms with Crippen molar-refractivity contribution in [3.63, 3.8) is 0 Å². The predicted molar refractivity (Wildman–Crippen MR) is 86.4 cm³/mol. The third-order valence-corrected chi connectivity index (χ3v) is 4.19. The molecule has 3 rings (SSSR count). The van der Waals surface area contributed by atoms with Gasteiger partial charge in [-0.1, -0.05) is 0 Å². The monoisotopic (exact) mass is 316 g/mol. The molecule has 1 saturated heterocycles. The number of hydrogen-bond donors (Lipinski definition) is 1. The normalized spacial score (nSPS) is 18.3. The van der Waals surface area contributed by atoms with Gasteiger partial charge in [-0.2, -0.15) is 5.10 Å². The molecule has 122 valence electrons. The number of halogens is 1. The fraction of sp³-hybridized carbons (Fsp3) is 0.412. The summed E-state index contributed by atoms with van der Waals surface area (Å²) in [4.78, 5) is 14.4. The highest BCUT2D eigenvalue weighted by atomic mass is 19.1. The smallest absolute Gasteiger partial charge is 0.254 e. The molecule has 0 aliphatic carbocycles. The molecular formula is C17H21FN4O. The molecule has 1 aromatic carbocycles. The Hall–Kier alpha value is -2.21. The van der Waals surface area contributed by atoms with E-state index < -0.39 is 5.82 Å². The maximum atomic E-state index is 14.5. The van der Waals surface area contributed by atoms with Crippen LogP contribution in [0.4, 0.5) is 4.39 Å². The lowest BCUT2D eigenvalue weighted by molar-refractivity contribution is 0.0655. The molecule has 1 amide bonds. The van der Waals surface area contributed by atoms with Gasteiger partial charge in [0.2, 0.25) is 0 Å². The van der Waals surface area contributed by atoms with E-state index in [-0.39, 0.29) is 11.9 Å². The van der Waals surface area contributed by atoms with Gasteiger partial charge in [0, 0.05) is 36.9 Å². The number of aryl methyl sites for hydroxylation is 2. The van der Waals surface area contributed by atoms with Gasteiger partial charge < -0.3 is 10.2 Å². The van der Waals surface area contributed by atoms with Crippen LogP contribution in [0.15, 0.2) is 24.3 Å². The third-order valence-electron chi connectivity index (χ3n) is 4.19. The van der Waals surface area contributed by atoms with Crippen LogP contribution in [0, 0.1) is 19.7 Å². The lowest BCUT2D eigenvalue weighted by atomic mass is 10.1. The molecule has 2 aromatic rings. The second-order valence-corrected chi connectivity index (χ2v) is 6.06. The quantitative estimate of drug-likeness (QED) is 0.923. The van der Waals surface area contributed by atoms with Gasteiger partial charge in [-0.3, -0.25) is 4.79 Å². The summed E-state index contributed by atoms with van der Waals surface area (Å²) in [7, 11) is 0. The first-order chi connectivity index (χ1) is 11.0. The first kappa shape index (κ1) is 15.7. The summed E-state index contributed by atoms with van der Waals surface area (Å²) in [6.45, 7) is 7.90. The van der Waals surface area contributed by atoms with E-state index in [9.17, 15) is 9.18 Å². The van der Waals surface area contributed by atoms with Crippen LogP contribution in [0.25, 0.3) is 5.69 Å². The molecule has 0 bridgehead atoms. The van der Waals surface area contributed by atoms with E-state index >= 15 is 0 Å². The summed E-state index contributed by atoms with van der Waals surface area (Å²) in [5.41, 5.74) is 2.43. The number of nitrogens with one attached hydrogen (secondary N) is 1. The number of rotatable bonds is 2. The van der Waals surface area contributed by atoms with Gasteiger partial charge >= 0.3 is 0 Å². The van der Waals surface area contributed by atoms with E-state index in [1.807, 2.05) is 26.8 Å². The second-order valence-electron chi connectivity index (χ2n) is 6.06. The van der Waals surface area contributed by atoms with E-state index in [4.69, 9.17) is 0 Å². The summed E-state index contributed by atoms with van der Waals surface area (Å²) in [5.74, 6) is -0.567. The van der Waals surface area contributed by atoms with E-state index in [1.165, 1.54) is 6.07 Å². The van der Waals surface area contributed by atoms with Gasteiger partial charge in [0.15, 0.2) is 0 Å². The minimum Gasteiger partial charge on any atom is -0.333 e. The fourth-order valence-electron chi connectivity index (χ4n) is 2.99. The van der Waals surface area contributed by atoms with Crippen LogP contribution in [0.3, 0.4) is 0 Å². The molecule has 1 fully saturated rings. The Morgan fingerprint density at radius 1 is 1.35 bits per heavy atom. The highest BCUT2D eigenvalue weighted by Gasteiger charge is 2.24. The molecule has 1 N–H and O–H groups in total. The fourth-order valence-corrected chi connectivity index (χ4v) is 2.99. The average molecular weight is 316 g/mol. The summed E-state index contributed by atoms with van der Waals surface area (Å²) >= 11 is 0.